The normalized spacial score (nSPS) is 21.2. The Bertz CT molecular complexity index is 1590. The van der Waals surface area contributed by atoms with Crippen molar-refractivity contribution in [2.24, 2.45) is 0 Å². The topological polar surface area (TPSA) is 40.2 Å². The minimum absolute atomic E-state index is 0.0530. The van der Waals surface area contributed by atoms with Gasteiger partial charge in [0.2, 0.25) is 0 Å². The SMILES string of the molecule is IC[C@@H]1C(OCc2ccccc2)C(OCc2ccccc2)[C@@H](OCc2ccccc2)C(COCc2ccccc2)N1Cc1ccccc1. The maximum atomic E-state index is 7.00. The van der Waals surface area contributed by atoms with Crippen LogP contribution in [0.15, 0.2) is 152 Å². The number of ether oxygens (including phenoxy) is 4. The molecule has 0 saturated carbocycles. The predicted octanol–water partition coefficient (Wildman–Crippen LogP) is 8.65. The number of piperidine rings is 1. The molecule has 1 aliphatic heterocycles. The van der Waals surface area contributed by atoms with Gasteiger partial charge in [0.25, 0.3) is 0 Å². The molecule has 0 N–H and O–H groups in total. The summed E-state index contributed by atoms with van der Waals surface area (Å²) in [4.78, 5) is 2.56. The van der Waals surface area contributed by atoms with E-state index in [1.807, 2.05) is 24.3 Å². The molecule has 1 aliphatic rings. The molecule has 5 atom stereocenters. The van der Waals surface area contributed by atoms with Gasteiger partial charge in [0, 0.05) is 17.0 Å². The van der Waals surface area contributed by atoms with Crippen molar-refractivity contribution < 1.29 is 18.9 Å². The molecule has 0 radical (unpaired) electrons. The Kier molecular flexibility index (Phi) is 13.2. The molecular weight excluding hydrogens is 709 g/mol. The Morgan fingerprint density at radius 2 is 0.771 bits per heavy atom. The van der Waals surface area contributed by atoms with E-state index in [2.05, 4.69) is 155 Å². The minimum Gasteiger partial charge on any atom is -0.375 e. The smallest absolute Gasteiger partial charge is 0.113 e. The van der Waals surface area contributed by atoms with E-state index in [1.54, 1.807) is 0 Å². The van der Waals surface area contributed by atoms with Gasteiger partial charge in [0.15, 0.2) is 0 Å². The van der Waals surface area contributed by atoms with Gasteiger partial charge in [-0.3, -0.25) is 4.90 Å². The van der Waals surface area contributed by atoms with Crippen LogP contribution in [0.5, 0.6) is 0 Å². The van der Waals surface area contributed by atoms with E-state index in [-0.39, 0.29) is 30.4 Å². The third-order valence-corrected chi connectivity index (χ3v) is 9.78. The summed E-state index contributed by atoms with van der Waals surface area (Å²) in [6, 6.07) is 52.2. The van der Waals surface area contributed by atoms with Crippen LogP contribution in [-0.4, -0.2) is 46.3 Å². The standard InChI is InChI=1S/C42H44INO4/c43-26-38-40(46-29-35-20-10-3-11-21-35)42(48-31-37-24-14-5-15-25-37)41(47-30-36-22-12-4-13-23-36)39(32-45-28-34-18-8-2-9-19-34)44(38)27-33-16-6-1-7-17-33/h1-25,38-42H,26-32H2/t38-,39?,40?,41+,42?/m1/s1. The van der Waals surface area contributed by atoms with Crippen molar-refractivity contribution in [3.8, 4) is 0 Å². The van der Waals surface area contributed by atoms with E-state index in [0.29, 0.717) is 33.0 Å². The van der Waals surface area contributed by atoms with Crippen molar-refractivity contribution >= 4 is 22.6 Å². The lowest BCUT2D eigenvalue weighted by atomic mass is 9.87. The summed E-state index contributed by atoms with van der Waals surface area (Å²) in [5.74, 6) is 0. The molecule has 3 unspecified atom stereocenters. The second-order valence-corrected chi connectivity index (χ2v) is 13.1. The molecule has 0 amide bonds. The summed E-state index contributed by atoms with van der Waals surface area (Å²) in [5, 5.41) is 0. The van der Waals surface area contributed by atoms with Crippen molar-refractivity contribution in [1.29, 1.82) is 0 Å². The lowest BCUT2D eigenvalue weighted by Crippen LogP contribution is -2.69. The molecule has 1 heterocycles. The quantitative estimate of drug-likeness (QED) is 0.0746. The van der Waals surface area contributed by atoms with Crippen LogP contribution >= 0.6 is 22.6 Å². The Hall–Kier alpha value is -3.37. The number of halogens is 1. The number of hydrogen-bond acceptors (Lipinski definition) is 5. The van der Waals surface area contributed by atoms with E-state index < -0.39 is 0 Å². The zero-order chi connectivity index (χ0) is 32.8. The second kappa shape index (κ2) is 18.4. The summed E-state index contributed by atoms with van der Waals surface area (Å²) in [6.07, 6.45) is -0.913. The molecule has 0 spiro atoms. The first-order chi connectivity index (χ1) is 23.8. The first-order valence-electron chi connectivity index (χ1n) is 16.7. The van der Waals surface area contributed by atoms with E-state index >= 15 is 0 Å². The second-order valence-electron chi connectivity index (χ2n) is 12.2. The third-order valence-electron chi connectivity index (χ3n) is 8.88. The summed E-state index contributed by atoms with van der Waals surface area (Å²) in [6.45, 7) is 3.18. The molecule has 6 heteroatoms. The van der Waals surface area contributed by atoms with Gasteiger partial charge in [-0.25, -0.2) is 0 Å². The summed E-state index contributed by atoms with van der Waals surface area (Å²) >= 11 is 2.52. The summed E-state index contributed by atoms with van der Waals surface area (Å²) in [7, 11) is 0. The van der Waals surface area contributed by atoms with Crippen molar-refractivity contribution in [3.05, 3.63) is 179 Å². The lowest BCUT2D eigenvalue weighted by Gasteiger charge is -2.52. The first-order valence-corrected chi connectivity index (χ1v) is 18.2. The van der Waals surface area contributed by atoms with Crippen molar-refractivity contribution in [1.82, 2.24) is 4.90 Å². The van der Waals surface area contributed by atoms with Gasteiger partial charge in [-0.1, -0.05) is 174 Å². The fourth-order valence-electron chi connectivity index (χ4n) is 6.42. The highest BCUT2D eigenvalue weighted by atomic mass is 127. The average Bonchev–Trinajstić information content (AvgIpc) is 3.15. The molecular formula is C42H44INO4. The molecule has 0 aliphatic carbocycles. The van der Waals surface area contributed by atoms with Crippen LogP contribution in [0.4, 0.5) is 0 Å². The highest BCUT2D eigenvalue weighted by Crippen LogP contribution is 2.35. The van der Waals surface area contributed by atoms with Gasteiger partial charge >= 0.3 is 0 Å². The number of likely N-dealkylation sites (tertiary alicyclic amines) is 1. The number of hydrogen-bond donors (Lipinski definition) is 0. The fourth-order valence-corrected chi connectivity index (χ4v) is 7.42. The van der Waals surface area contributed by atoms with Crippen molar-refractivity contribution in [3.63, 3.8) is 0 Å². The molecule has 0 bridgehead atoms. The number of benzene rings is 5. The average molecular weight is 754 g/mol. The van der Waals surface area contributed by atoms with Crippen LogP contribution in [0.1, 0.15) is 27.8 Å². The maximum Gasteiger partial charge on any atom is 0.113 e. The molecule has 0 aromatic heterocycles. The molecule has 6 rings (SSSR count). The van der Waals surface area contributed by atoms with E-state index in [4.69, 9.17) is 18.9 Å². The van der Waals surface area contributed by atoms with Gasteiger partial charge in [-0.2, -0.15) is 0 Å². The van der Waals surface area contributed by atoms with Crippen LogP contribution < -0.4 is 0 Å². The van der Waals surface area contributed by atoms with Crippen LogP contribution in [0.2, 0.25) is 0 Å². The summed E-state index contributed by atoms with van der Waals surface area (Å²) < 4.78 is 28.3. The molecule has 5 aromatic rings. The van der Waals surface area contributed by atoms with Gasteiger partial charge in [-0.05, 0) is 27.8 Å². The van der Waals surface area contributed by atoms with Crippen molar-refractivity contribution in [2.45, 2.75) is 63.4 Å². The van der Waals surface area contributed by atoms with Crippen LogP contribution in [0.25, 0.3) is 0 Å². The Morgan fingerprint density at radius 1 is 0.417 bits per heavy atom. The lowest BCUT2D eigenvalue weighted by molar-refractivity contribution is -0.227. The monoisotopic (exact) mass is 753 g/mol. The Balaban J connectivity index is 1.37. The summed E-state index contributed by atoms with van der Waals surface area (Å²) in [5.41, 5.74) is 5.77. The highest BCUT2D eigenvalue weighted by Gasteiger charge is 2.51. The molecule has 248 valence electrons. The molecule has 1 saturated heterocycles. The van der Waals surface area contributed by atoms with Gasteiger partial charge in [0.05, 0.1) is 39.1 Å². The maximum absolute atomic E-state index is 7.00. The number of nitrogens with zero attached hydrogens (tertiary/aromatic N) is 1. The van der Waals surface area contributed by atoms with Crippen LogP contribution in [0.3, 0.4) is 0 Å². The molecule has 5 aromatic carbocycles. The number of rotatable bonds is 16. The molecule has 48 heavy (non-hydrogen) atoms. The predicted molar refractivity (Wildman–Crippen MR) is 200 cm³/mol. The third kappa shape index (κ3) is 9.62. The zero-order valence-electron chi connectivity index (χ0n) is 27.2. The van der Waals surface area contributed by atoms with Gasteiger partial charge in [-0.15, -0.1) is 0 Å². The highest BCUT2D eigenvalue weighted by molar-refractivity contribution is 14.1. The largest absolute Gasteiger partial charge is 0.375 e. The van der Waals surface area contributed by atoms with Crippen LogP contribution in [-0.2, 0) is 51.9 Å². The number of alkyl halides is 1. The van der Waals surface area contributed by atoms with Crippen LogP contribution in [0, 0.1) is 0 Å². The minimum atomic E-state index is -0.338. The van der Waals surface area contributed by atoms with Gasteiger partial charge in [0.1, 0.15) is 18.3 Å². The van der Waals surface area contributed by atoms with Crippen molar-refractivity contribution in [2.75, 3.05) is 11.0 Å². The van der Waals surface area contributed by atoms with E-state index in [9.17, 15) is 0 Å². The molecule has 5 nitrogen and oxygen atoms in total. The molecule has 1 fully saturated rings. The zero-order valence-corrected chi connectivity index (χ0v) is 29.4. The van der Waals surface area contributed by atoms with Gasteiger partial charge < -0.3 is 18.9 Å². The Morgan fingerprint density at radius 3 is 1.19 bits per heavy atom. The first kappa shape index (κ1) is 34.5. The van der Waals surface area contributed by atoms with E-state index in [1.165, 1.54) is 5.56 Å². The Labute approximate surface area is 299 Å². The van der Waals surface area contributed by atoms with E-state index in [0.717, 1.165) is 33.2 Å². The fraction of sp³-hybridized carbons (Fsp3) is 0.286.